The maximum Gasteiger partial charge on any atom is 0.259 e. The van der Waals surface area contributed by atoms with E-state index in [0.29, 0.717) is 39.7 Å². The van der Waals surface area contributed by atoms with E-state index >= 15 is 0 Å². The lowest BCUT2D eigenvalue weighted by Gasteiger charge is -2.24. The van der Waals surface area contributed by atoms with Gasteiger partial charge in [0.25, 0.3) is 11.8 Å². The smallest absolute Gasteiger partial charge is 0.259 e. The molecule has 32 heavy (non-hydrogen) atoms. The van der Waals surface area contributed by atoms with Gasteiger partial charge in [-0.25, -0.2) is 4.21 Å². The van der Waals surface area contributed by atoms with E-state index in [9.17, 15) is 13.8 Å². The predicted molar refractivity (Wildman–Crippen MR) is 126 cm³/mol. The highest BCUT2D eigenvalue weighted by Crippen LogP contribution is 2.36. The van der Waals surface area contributed by atoms with Crippen molar-refractivity contribution in [3.8, 4) is 0 Å². The van der Waals surface area contributed by atoms with Gasteiger partial charge in [-0.15, -0.1) is 0 Å². The largest absolute Gasteiger partial charge is 0.342 e. The number of fused-ring (bicyclic) bond motifs is 2. The van der Waals surface area contributed by atoms with Crippen molar-refractivity contribution in [3.63, 3.8) is 0 Å². The van der Waals surface area contributed by atoms with Crippen molar-refractivity contribution in [2.75, 3.05) is 18.5 Å². The minimum Gasteiger partial charge on any atom is -0.342 e. The number of unbranched alkanes of at least 4 members (excludes halogenated alkanes) is 1. The van der Waals surface area contributed by atoms with Gasteiger partial charge in [0.2, 0.25) is 0 Å². The summed E-state index contributed by atoms with van der Waals surface area (Å²) in [5, 5.41) is 0. The summed E-state index contributed by atoms with van der Waals surface area (Å²) in [6, 6.07) is 21.8. The van der Waals surface area contributed by atoms with Gasteiger partial charge >= 0.3 is 0 Å². The first-order valence-electron chi connectivity index (χ1n) is 10.8. The molecule has 6 heteroatoms. The molecule has 0 N–H and O–H groups in total. The van der Waals surface area contributed by atoms with Crippen LogP contribution in [0.2, 0.25) is 0 Å². The predicted octanol–water partition coefficient (Wildman–Crippen LogP) is 4.89. The summed E-state index contributed by atoms with van der Waals surface area (Å²) < 4.78 is 13.5. The Balaban J connectivity index is 1.82. The van der Waals surface area contributed by atoms with Crippen LogP contribution in [0.15, 0.2) is 82.6 Å². The van der Waals surface area contributed by atoms with Crippen LogP contribution in [-0.2, 0) is 17.3 Å². The molecule has 0 unspecified atom stereocenters. The molecular formula is C26H26N2O3S. The monoisotopic (exact) mass is 446 g/mol. The van der Waals surface area contributed by atoms with Gasteiger partial charge < -0.3 is 9.80 Å². The molecule has 0 spiro atoms. The molecule has 2 amide bonds. The van der Waals surface area contributed by atoms with Gasteiger partial charge in [0.15, 0.2) is 0 Å². The maximum atomic E-state index is 13.6. The molecule has 0 aliphatic carbocycles. The van der Waals surface area contributed by atoms with Crippen LogP contribution in [-0.4, -0.2) is 34.5 Å². The molecule has 1 aliphatic heterocycles. The molecule has 0 radical (unpaired) electrons. The van der Waals surface area contributed by atoms with Crippen LogP contribution in [0.5, 0.6) is 0 Å². The van der Waals surface area contributed by atoms with Gasteiger partial charge in [-0.2, -0.15) is 0 Å². The number of anilines is 1. The highest BCUT2D eigenvalue weighted by molar-refractivity contribution is 7.85. The van der Waals surface area contributed by atoms with Gasteiger partial charge in [0.05, 0.1) is 38.4 Å². The third-order valence-electron chi connectivity index (χ3n) is 5.64. The van der Waals surface area contributed by atoms with Crippen molar-refractivity contribution >= 4 is 28.3 Å². The van der Waals surface area contributed by atoms with E-state index < -0.39 is 10.8 Å². The van der Waals surface area contributed by atoms with E-state index in [2.05, 4.69) is 6.92 Å². The Bertz CT molecular complexity index is 1180. The van der Waals surface area contributed by atoms with E-state index in [0.717, 1.165) is 18.4 Å². The third kappa shape index (κ3) is 4.23. The number of amides is 2. The second kappa shape index (κ2) is 9.49. The zero-order valence-electron chi connectivity index (χ0n) is 18.3. The van der Waals surface area contributed by atoms with E-state index in [1.54, 1.807) is 59.3 Å². The zero-order chi connectivity index (χ0) is 22.7. The standard InChI is InChI=1S/C26H26N2O3S/c1-3-4-16-27(2)25(29)20-14-15-24-22(17-20)28(18-19-10-6-5-7-11-19)26(30)21-12-8-9-13-23(21)32(24)31/h5-15,17H,3-4,16,18H2,1-2H3/t32-/m1/s1. The summed E-state index contributed by atoms with van der Waals surface area (Å²) in [5.41, 5.74) is 2.37. The molecule has 3 aromatic rings. The highest BCUT2D eigenvalue weighted by Gasteiger charge is 2.31. The van der Waals surface area contributed by atoms with Crippen molar-refractivity contribution in [2.45, 2.75) is 36.1 Å². The Morgan fingerprint density at radius 3 is 2.44 bits per heavy atom. The van der Waals surface area contributed by atoms with Gasteiger partial charge in [0, 0.05) is 19.2 Å². The van der Waals surface area contributed by atoms with E-state index in [1.165, 1.54) is 0 Å². The maximum absolute atomic E-state index is 13.6. The quantitative estimate of drug-likeness (QED) is 0.542. The average Bonchev–Trinajstić information content (AvgIpc) is 2.92. The number of hydrogen-bond donors (Lipinski definition) is 0. The minimum absolute atomic E-state index is 0.110. The van der Waals surface area contributed by atoms with Crippen molar-refractivity contribution in [2.24, 2.45) is 0 Å². The van der Waals surface area contributed by atoms with Crippen LogP contribution in [0.4, 0.5) is 5.69 Å². The van der Waals surface area contributed by atoms with Gasteiger partial charge in [0.1, 0.15) is 0 Å². The van der Waals surface area contributed by atoms with Crippen molar-refractivity contribution in [1.29, 1.82) is 0 Å². The second-order valence-electron chi connectivity index (χ2n) is 7.90. The average molecular weight is 447 g/mol. The first-order chi connectivity index (χ1) is 15.5. The summed E-state index contributed by atoms with van der Waals surface area (Å²) in [6.45, 7) is 3.07. The normalized spacial score (nSPS) is 15.0. The summed E-state index contributed by atoms with van der Waals surface area (Å²) in [7, 11) is 0.251. The van der Waals surface area contributed by atoms with Crippen molar-refractivity contribution < 1.29 is 13.8 Å². The number of carbonyl (C=O) groups is 2. The topological polar surface area (TPSA) is 57.7 Å². The Labute approximate surface area is 191 Å². The Morgan fingerprint density at radius 2 is 1.69 bits per heavy atom. The third-order valence-corrected chi connectivity index (χ3v) is 7.14. The molecule has 1 heterocycles. The van der Waals surface area contributed by atoms with Crippen LogP contribution in [0, 0.1) is 0 Å². The fraction of sp³-hybridized carbons (Fsp3) is 0.231. The Morgan fingerprint density at radius 1 is 0.969 bits per heavy atom. The highest BCUT2D eigenvalue weighted by atomic mass is 32.2. The Hall–Kier alpha value is -3.25. The molecule has 0 aromatic heterocycles. The van der Waals surface area contributed by atoms with Crippen LogP contribution >= 0.6 is 0 Å². The van der Waals surface area contributed by atoms with E-state index in [1.807, 2.05) is 30.3 Å². The number of hydrogen-bond acceptors (Lipinski definition) is 3. The molecule has 0 fully saturated rings. The number of nitrogens with zero attached hydrogens (tertiary/aromatic N) is 2. The van der Waals surface area contributed by atoms with Crippen LogP contribution in [0.25, 0.3) is 0 Å². The molecule has 1 atom stereocenters. The lowest BCUT2D eigenvalue weighted by Crippen LogP contribution is -2.31. The van der Waals surface area contributed by atoms with E-state index in [4.69, 9.17) is 0 Å². The lowest BCUT2D eigenvalue weighted by atomic mass is 10.1. The molecule has 1 aliphatic rings. The fourth-order valence-electron chi connectivity index (χ4n) is 3.84. The fourth-order valence-corrected chi connectivity index (χ4v) is 5.18. The summed E-state index contributed by atoms with van der Waals surface area (Å²) in [6.07, 6.45) is 1.92. The van der Waals surface area contributed by atoms with Crippen molar-refractivity contribution in [1.82, 2.24) is 4.90 Å². The number of carbonyl (C=O) groups excluding carboxylic acids is 2. The molecule has 0 bridgehead atoms. The molecule has 0 saturated heterocycles. The van der Waals surface area contributed by atoms with Gasteiger partial charge in [-0.05, 0) is 42.3 Å². The summed E-state index contributed by atoms with van der Waals surface area (Å²) in [5.74, 6) is -0.332. The number of benzene rings is 3. The zero-order valence-corrected chi connectivity index (χ0v) is 19.1. The molecule has 5 nitrogen and oxygen atoms in total. The number of rotatable bonds is 6. The molecule has 4 rings (SSSR count). The first-order valence-corrected chi connectivity index (χ1v) is 11.9. The second-order valence-corrected chi connectivity index (χ2v) is 9.32. The van der Waals surface area contributed by atoms with Gasteiger partial charge in [-0.1, -0.05) is 55.8 Å². The first kappa shape index (κ1) is 22.0. The Kier molecular flexibility index (Phi) is 6.51. The molecule has 0 saturated carbocycles. The SMILES string of the molecule is CCCCN(C)C(=O)c1ccc2c(c1)N(Cc1ccccc1)C(=O)c1ccccc1[S@]2=O. The molecule has 3 aromatic carbocycles. The molecule has 164 valence electrons. The van der Waals surface area contributed by atoms with E-state index in [-0.39, 0.29) is 11.8 Å². The van der Waals surface area contributed by atoms with Gasteiger partial charge in [-0.3, -0.25) is 9.59 Å². The van der Waals surface area contributed by atoms with Crippen LogP contribution in [0.1, 0.15) is 46.0 Å². The van der Waals surface area contributed by atoms with Crippen molar-refractivity contribution in [3.05, 3.63) is 89.5 Å². The van der Waals surface area contributed by atoms with Crippen LogP contribution < -0.4 is 4.90 Å². The summed E-state index contributed by atoms with van der Waals surface area (Å²) >= 11 is 0. The van der Waals surface area contributed by atoms with Crippen LogP contribution in [0.3, 0.4) is 0 Å². The molecular weight excluding hydrogens is 420 g/mol. The summed E-state index contributed by atoms with van der Waals surface area (Å²) in [4.78, 5) is 31.0. The minimum atomic E-state index is -1.53. The lowest BCUT2D eigenvalue weighted by molar-refractivity contribution is 0.0792.